The van der Waals surface area contributed by atoms with Gasteiger partial charge in [-0.3, -0.25) is 4.79 Å². The third-order valence-corrected chi connectivity index (χ3v) is 2.28. The summed E-state index contributed by atoms with van der Waals surface area (Å²) in [7, 11) is 0. The minimum Gasteiger partial charge on any atom is -0.358 e. The molecule has 0 aromatic carbocycles. The summed E-state index contributed by atoms with van der Waals surface area (Å²) in [4.78, 5) is 11.7. The van der Waals surface area contributed by atoms with Gasteiger partial charge in [-0.1, -0.05) is 27.2 Å². The van der Waals surface area contributed by atoms with Gasteiger partial charge in [-0.05, 0) is 6.54 Å². The molecule has 14 heavy (non-hydrogen) atoms. The number of hydrogen-bond donors (Lipinski definition) is 1. The molecule has 1 aliphatic heterocycles. The quantitative estimate of drug-likeness (QED) is 0.738. The average Bonchev–Trinajstić information content (AvgIpc) is 2.32. The Kier molecular flexibility index (Phi) is 7.77. The molecule has 0 saturated carbocycles. The number of ketones is 1. The first-order valence-corrected chi connectivity index (χ1v) is 4.52. The zero-order valence-electron chi connectivity index (χ0n) is 9.76. The maximum absolute atomic E-state index is 11.7. The molecule has 1 rings (SSSR count). The molecule has 0 spiro atoms. The zero-order valence-corrected chi connectivity index (χ0v) is 12.6. The third-order valence-electron chi connectivity index (χ3n) is 2.28. The van der Waals surface area contributed by atoms with Crippen molar-refractivity contribution in [1.29, 1.82) is 0 Å². The molecular weight excluding hydrogens is 251 g/mol. The molecule has 0 aliphatic carbocycles. The average molecular weight is 272 g/mol. The Balaban J connectivity index is 0. The van der Waals surface area contributed by atoms with Gasteiger partial charge >= 0.3 is 0 Å². The van der Waals surface area contributed by atoms with Crippen molar-refractivity contribution in [2.75, 3.05) is 6.54 Å². The summed E-state index contributed by atoms with van der Waals surface area (Å²) in [6.07, 6.45) is 0.899. The van der Waals surface area contributed by atoms with Crippen molar-refractivity contribution in [3.8, 4) is 0 Å². The van der Waals surface area contributed by atoms with Crippen molar-refractivity contribution in [2.45, 2.75) is 33.2 Å². The van der Waals surface area contributed by atoms with E-state index in [1.54, 1.807) is 0 Å². The molecule has 2 nitrogen and oxygen atoms in total. The van der Waals surface area contributed by atoms with Gasteiger partial charge in [-0.25, -0.2) is 0 Å². The summed E-state index contributed by atoms with van der Waals surface area (Å²) in [5, 5.41) is 3.20. The summed E-state index contributed by atoms with van der Waals surface area (Å²) in [6, 6.07) is 0.0486. The van der Waals surface area contributed by atoms with Gasteiger partial charge in [0.15, 0.2) is 5.78 Å². The van der Waals surface area contributed by atoms with Gasteiger partial charge in [0, 0.05) is 38.1 Å². The predicted molar refractivity (Wildman–Crippen MR) is 56.1 cm³/mol. The summed E-state index contributed by atoms with van der Waals surface area (Å²) < 4.78 is 0. The van der Waals surface area contributed by atoms with Crippen LogP contribution in [0.25, 0.3) is 0 Å². The van der Waals surface area contributed by atoms with Crippen LogP contribution in [-0.2, 0) is 37.5 Å². The fraction of sp³-hybridized carbons (Fsp3) is 0.727. The minimum absolute atomic E-state index is 0. The molecule has 3 heteroatoms. The van der Waals surface area contributed by atoms with E-state index in [0.717, 1.165) is 13.0 Å². The Hall–Kier alpha value is 0.734. The van der Waals surface area contributed by atoms with Gasteiger partial charge in [-0.15, -0.1) is 0 Å². The van der Waals surface area contributed by atoms with Gasteiger partial charge in [0.1, 0.15) is 0 Å². The number of nitrogens with one attached hydrogen (secondary N) is 1. The van der Waals surface area contributed by atoms with E-state index in [4.69, 9.17) is 0 Å². The number of carbonyl (C=O) groups excluding carboxylic acids is 1. The predicted octanol–water partition coefficient (Wildman–Crippen LogP) is 1.86. The van der Waals surface area contributed by atoms with Gasteiger partial charge in [0.25, 0.3) is 0 Å². The first-order chi connectivity index (χ1) is 5.41. The maximum atomic E-state index is 11.7. The molecule has 1 N–H and O–H groups in total. The molecule has 1 radical (unpaired) electrons. The first-order valence-electron chi connectivity index (χ1n) is 4.52. The molecule has 1 saturated heterocycles. The van der Waals surface area contributed by atoms with Crippen molar-refractivity contribution in [2.24, 2.45) is 11.3 Å². The van der Waals surface area contributed by atoms with Crippen LogP contribution in [0.4, 0.5) is 0 Å². The number of carbonyl (C=O) groups is 1. The second kappa shape index (κ2) is 6.35. The van der Waals surface area contributed by atoms with Gasteiger partial charge < -0.3 is 19.7 Å². The van der Waals surface area contributed by atoms with E-state index in [1.165, 1.54) is 0 Å². The monoisotopic (exact) mass is 272 g/mol. The molecule has 2 atom stereocenters. The number of hydrogen-bond acceptors (Lipinski definition) is 2. The Labute approximate surface area is 113 Å². The van der Waals surface area contributed by atoms with Crippen molar-refractivity contribution in [3.05, 3.63) is 14.4 Å². The smallest absolute Gasteiger partial charge is 0.154 e. The molecule has 0 bridgehead atoms. The van der Waals surface area contributed by atoms with Crippen LogP contribution in [-0.4, -0.2) is 18.4 Å². The molecule has 0 aromatic heterocycles. The van der Waals surface area contributed by atoms with Gasteiger partial charge in [0.05, 0.1) is 6.04 Å². The number of Topliss-reactive ketones (excluding diaryl/α,β-unsaturated/α-hetero) is 1. The SMILES string of the molecule is [CH2-]C1CNC(C(=O)C(C)(C)C)C1.[CH3-].[Y]. The Morgan fingerprint density at radius 1 is 1.43 bits per heavy atom. The molecule has 0 amide bonds. The molecule has 1 heterocycles. The van der Waals surface area contributed by atoms with Crippen LogP contribution in [0.5, 0.6) is 0 Å². The van der Waals surface area contributed by atoms with E-state index in [-0.39, 0.29) is 51.6 Å². The standard InChI is InChI=1S/C10H18NO.CH3.Y/c1-7-5-8(11-6-7)9(12)10(2,3)4;;/h7-8,11H,1,5-6H2,2-4H3;1H3;/q2*-1;. The van der Waals surface area contributed by atoms with Gasteiger partial charge in [-0.2, -0.15) is 5.92 Å². The minimum atomic E-state index is -0.221. The second-order valence-corrected chi connectivity index (χ2v) is 4.68. The van der Waals surface area contributed by atoms with E-state index in [1.807, 2.05) is 20.8 Å². The number of rotatable bonds is 1. The van der Waals surface area contributed by atoms with Crippen molar-refractivity contribution < 1.29 is 37.5 Å². The Bertz CT molecular complexity index is 186. The Morgan fingerprint density at radius 2 is 1.93 bits per heavy atom. The van der Waals surface area contributed by atoms with Crippen LogP contribution in [0.15, 0.2) is 0 Å². The normalized spacial score (nSPS) is 26.3. The molecule has 1 fully saturated rings. The van der Waals surface area contributed by atoms with E-state index < -0.39 is 0 Å². The van der Waals surface area contributed by atoms with Crippen LogP contribution in [0.3, 0.4) is 0 Å². The summed E-state index contributed by atoms with van der Waals surface area (Å²) in [6.45, 7) is 10.7. The van der Waals surface area contributed by atoms with Crippen LogP contribution in [0.1, 0.15) is 27.2 Å². The van der Waals surface area contributed by atoms with Crippen molar-refractivity contribution in [3.63, 3.8) is 0 Å². The van der Waals surface area contributed by atoms with Crippen LogP contribution in [0, 0.1) is 25.7 Å². The molecule has 81 valence electrons. The van der Waals surface area contributed by atoms with Crippen LogP contribution < -0.4 is 5.32 Å². The molecule has 2 unspecified atom stereocenters. The van der Waals surface area contributed by atoms with Gasteiger partial charge in [0.2, 0.25) is 0 Å². The molecular formula is C11H21NOY-2. The summed E-state index contributed by atoms with van der Waals surface area (Å²) in [5.41, 5.74) is -0.221. The van der Waals surface area contributed by atoms with Crippen molar-refractivity contribution in [1.82, 2.24) is 5.32 Å². The van der Waals surface area contributed by atoms with Crippen LogP contribution >= 0.6 is 0 Å². The van der Waals surface area contributed by atoms with Crippen molar-refractivity contribution >= 4 is 5.78 Å². The van der Waals surface area contributed by atoms with E-state index >= 15 is 0 Å². The van der Waals surface area contributed by atoms with Crippen LogP contribution in [0.2, 0.25) is 0 Å². The second-order valence-electron chi connectivity index (χ2n) is 4.68. The summed E-state index contributed by atoms with van der Waals surface area (Å²) >= 11 is 0. The van der Waals surface area contributed by atoms with E-state index in [9.17, 15) is 4.79 Å². The Morgan fingerprint density at radius 3 is 2.21 bits per heavy atom. The van der Waals surface area contributed by atoms with E-state index in [2.05, 4.69) is 12.2 Å². The molecule has 0 aromatic rings. The maximum Gasteiger partial charge on any atom is 0.154 e. The first kappa shape index (κ1) is 17.1. The topological polar surface area (TPSA) is 29.1 Å². The fourth-order valence-electron chi connectivity index (χ4n) is 1.53. The van der Waals surface area contributed by atoms with E-state index in [0.29, 0.717) is 11.7 Å². The molecule has 1 aliphatic rings. The fourth-order valence-corrected chi connectivity index (χ4v) is 1.53. The zero-order chi connectivity index (χ0) is 9.35. The summed E-state index contributed by atoms with van der Waals surface area (Å²) in [5.74, 6) is 0.718. The largest absolute Gasteiger partial charge is 0.358 e. The third kappa shape index (κ3) is 4.50.